The summed E-state index contributed by atoms with van der Waals surface area (Å²) >= 11 is 0.795. The van der Waals surface area contributed by atoms with E-state index in [0.29, 0.717) is 16.8 Å². The number of nitrogens with one attached hydrogen (secondary N) is 1. The molecule has 0 saturated carbocycles. The summed E-state index contributed by atoms with van der Waals surface area (Å²) in [5, 5.41) is 18.0. The van der Waals surface area contributed by atoms with E-state index in [1.165, 1.54) is 16.8 Å². The Morgan fingerprint density at radius 1 is 1.25 bits per heavy atom. The molecule has 4 aromatic rings. The number of amides is 2. The first-order valence-electron chi connectivity index (χ1n) is 10.7. The zero-order valence-electron chi connectivity index (χ0n) is 19.1. The van der Waals surface area contributed by atoms with E-state index in [1.54, 1.807) is 44.2 Å². The van der Waals surface area contributed by atoms with E-state index in [9.17, 15) is 28.5 Å². The number of hydrogen-bond donors (Lipinski definition) is 2. The van der Waals surface area contributed by atoms with Crippen molar-refractivity contribution in [2.75, 3.05) is 5.32 Å². The molecule has 13 heteroatoms. The van der Waals surface area contributed by atoms with E-state index in [-0.39, 0.29) is 27.2 Å². The summed E-state index contributed by atoms with van der Waals surface area (Å²) < 4.78 is 28.5. The van der Waals surface area contributed by atoms with Gasteiger partial charge in [-0.15, -0.1) is 11.3 Å². The molecule has 1 unspecified atom stereocenters. The van der Waals surface area contributed by atoms with Crippen LogP contribution in [0.5, 0.6) is 0 Å². The zero-order valence-corrected chi connectivity index (χ0v) is 19.9. The third-order valence-electron chi connectivity index (χ3n) is 5.54. The molecule has 0 bridgehead atoms. The van der Waals surface area contributed by atoms with Gasteiger partial charge in [-0.05, 0) is 35.5 Å². The van der Waals surface area contributed by atoms with Crippen molar-refractivity contribution >= 4 is 44.9 Å². The second-order valence-electron chi connectivity index (χ2n) is 7.87. The van der Waals surface area contributed by atoms with Crippen molar-refractivity contribution in [3.63, 3.8) is 0 Å². The molecule has 2 amide bonds. The minimum absolute atomic E-state index is 0.0393. The number of pyridine rings is 1. The Balaban J connectivity index is 1.88. The van der Waals surface area contributed by atoms with Crippen LogP contribution in [-0.2, 0) is 4.79 Å². The topological polar surface area (TPSA) is 146 Å². The Morgan fingerprint density at radius 3 is 2.50 bits per heavy atom. The average Bonchev–Trinajstić information content (AvgIpc) is 3.40. The van der Waals surface area contributed by atoms with Crippen molar-refractivity contribution in [3.05, 3.63) is 68.8 Å². The molecule has 1 aromatic carbocycles. The van der Waals surface area contributed by atoms with Crippen LogP contribution in [0, 0.1) is 17.0 Å². The molecule has 0 aliphatic carbocycles. The van der Waals surface area contributed by atoms with Crippen LogP contribution in [0.1, 0.15) is 46.9 Å². The van der Waals surface area contributed by atoms with Gasteiger partial charge < -0.3 is 21.2 Å². The van der Waals surface area contributed by atoms with Gasteiger partial charge in [0.1, 0.15) is 15.4 Å². The molecule has 0 aliphatic heterocycles. The van der Waals surface area contributed by atoms with Gasteiger partial charge in [-0.3, -0.25) is 9.59 Å². The maximum absolute atomic E-state index is 13.6. The monoisotopic (exact) mass is 514 g/mol. The Kier molecular flexibility index (Phi) is 6.75. The predicted molar refractivity (Wildman–Crippen MR) is 130 cm³/mol. The molecule has 3 heterocycles. The van der Waals surface area contributed by atoms with Crippen LogP contribution >= 0.6 is 11.3 Å². The smallest absolute Gasteiger partial charge is 0.365 e. The lowest BCUT2D eigenvalue weighted by Gasteiger charge is -2.16. The van der Waals surface area contributed by atoms with Gasteiger partial charge in [0, 0.05) is 5.39 Å². The number of benzene rings is 1. The second kappa shape index (κ2) is 9.77. The molecular formula is C23H20F2N6O4S. The van der Waals surface area contributed by atoms with E-state index in [2.05, 4.69) is 15.4 Å². The number of thiophene rings is 1. The number of aryl methyl sites for hydroxylation is 1. The summed E-state index contributed by atoms with van der Waals surface area (Å²) in [4.78, 5) is 40.2. The summed E-state index contributed by atoms with van der Waals surface area (Å²) in [6.07, 6.45) is -2.64. The van der Waals surface area contributed by atoms with Crippen molar-refractivity contribution in [3.8, 4) is 11.1 Å². The summed E-state index contributed by atoms with van der Waals surface area (Å²) in [6, 6.07) is 10.1. The lowest BCUT2D eigenvalue weighted by molar-refractivity contribution is -0.389. The summed E-state index contributed by atoms with van der Waals surface area (Å²) in [5.74, 6) is -1.89. The molecule has 3 N–H and O–H groups in total. The number of carbonyl (C=O) groups is 2. The van der Waals surface area contributed by atoms with Crippen LogP contribution < -0.4 is 11.1 Å². The summed E-state index contributed by atoms with van der Waals surface area (Å²) in [7, 11) is 0. The zero-order chi connectivity index (χ0) is 26.1. The molecule has 4 rings (SSSR count). The lowest BCUT2D eigenvalue weighted by atomic mass is 10.0. The van der Waals surface area contributed by atoms with Crippen LogP contribution in [0.4, 0.5) is 20.3 Å². The van der Waals surface area contributed by atoms with Gasteiger partial charge in [0.15, 0.2) is 6.04 Å². The van der Waals surface area contributed by atoms with Gasteiger partial charge in [0.25, 0.3) is 18.2 Å². The maximum atomic E-state index is 13.6. The fourth-order valence-electron chi connectivity index (χ4n) is 3.92. The van der Waals surface area contributed by atoms with Gasteiger partial charge >= 0.3 is 5.82 Å². The quantitative estimate of drug-likeness (QED) is 0.250. The van der Waals surface area contributed by atoms with Crippen molar-refractivity contribution in [1.29, 1.82) is 0 Å². The number of halogens is 2. The van der Waals surface area contributed by atoms with Crippen LogP contribution in [0.2, 0.25) is 0 Å². The number of nitrogens with zero attached hydrogens (tertiary/aromatic N) is 4. The first kappa shape index (κ1) is 24.9. The first-order chi connectivity index (χ1) is 17.1. The van der Waals surface area contributed by atoms with E-state index >= 15 is 0 Å². The highest BCUT2D eigenvalue weighted by atomic mass is 32.1. The largest absolute Gasteiger partial charge is 0.390 e. The number of primary amides is 1. The van der Waals surface area contributed by atoms with Crippen LogP contribution in [0.3, 0.4) is 0 Å². The highest BCUT2D eigenvalue weighted by Gasteiger charge is 2.30. The maximum Gasteiger partial charge on any atom is 0.390 e. The van der Waals surface area contributed by atoms with Crippen LogP contribution in [0.25, 0.3) is 21.3 Å². The predicted octanol–water partition coefficient (Wildman–Crippen LogP) is 5.00. The molecule has 186 valence electrons. The summed E-state index contributed by atoms with van der Waals surface area (Å²) in [6.45, 7) is 3.28. The fraction of sp³-hybridized carbons (Fsp3) is 0.217. The molecule has 0 saturated heterocycles. The van der Waals surface area contributed by atoms with E-state index < -0.39 is 40.7 Å². The lowest BCUT2D eigenvalue weighted by Crippen LogP contribution is -2.28. The number of anilines is 1. The minimum Gasteiger partial charge on any atom is -0.365 e. The number of fused-ring (bicyclic) bond motifs is 1. The number of rotatable bonds is 8. The van der Waals surface area contributed by atoms with Crippen molar-refractivity contribution in [1.82, 2.24) is 14.8 Å². The molecule has 0 fully saturated rings. The average molecular weight is 515 g/mol. The van der Waals surface area contributed by atoms with E-state index in [1.807, 2.05) is 0 Å². The van der Waals surface area contributed by atoms with Gasteiger partial charge in [-0.2, -0.15) is 4.68 Å². The van der Waals surface area contributed by atoms with Gasteiger partial charge in [0.05, 0.1) is 22.5 Å². The van der Waals surface area contributed by atoms with Crippen molar-refractivity contribution < 1.29 is 23.3 Å². The number of nitro groups is 1. The first-order valence-corrected chi connectivity index (χ1v) is 11.6. The molecular weight excluding hydrogens is 494 g/mol. The molecule has 3 aromatic heterocycles. The molecule has 0 aliphatic rings. The Bertz CT molecular complexity index is 1490. The van der Waals surface area contributed by atoms with E-state index in [4.69, 9.17) is 5.73 Å². The number of nitrogens with two attached hydrogens (primary N) is 1. The highest BCUT2D eigenvalue weighted by Crippen LogP contribution is 2.42. The fourth-order valence-corrected chi connectivity index (χ4v) is 4.93. The summed E-state index contributed by atoms with van der Waals surface area (Å²) in [5.41, 5.74) is 6.43. The van der Waals surface area contributed by atoms with E-state index in [0.717, 1.165) is 11.3 Å². The third-order valence-corrected chi connectivity index (χ3v) is 6.64. The molecule has 1 atom stereocenters. The van der Waals surface area contributed by atoms with Gasteiger partial charge in [0.2, 0.25) is 0 Å². The minimum atomic E-state index is -2.86. The van der Waals surface area contributed by atoms with Crippen LogP contribution in [-0.4, -0.2) is 31.5 Å². The SMILES string of the molecule is CCC(C(=O)Nc1c(C(N)=O)sc2nc(C(F)F)cc(-c3ccccc3)c12)n1nc([N+](=O)[O-])cc1C. The highest BCUT2D eigenvalue weighted by molar-refractivity contribution is 7.21. The van der Waals surface area contributed by atoms with Crippen LogP contribution in [0.15, 0.2) is 42.5 Å². The Morgan fingerprint density at radius 2 is 1.94 bits per heavy atom. The molecule has 36 heavy (non-hydrogen) atoms. The number of alkyl halides is 2. The van der Waals surface area contributed by atoms with Gasteiger partial charge in [-0.25, -0.2) is 13.8 Å². The third kappa shape index (κ3) is 4.52. The van der Waals surface area contributed by atoms with Crippen molar-refractivity contribution in [2.24, 2.45) is 5.73 Å². The Labute approximate surface area is 206 Å². The Hall–Kier alpha value is -4.26. The molecule has 0 radical (unpaired) electrons. The van der Waals surface area contributed by atoms with Crippen molar-refractivity contribution in [2.45, 2.75) is 32.7 Å². The second-order valence-corrected chi connectivity index (χ2v) is 8.87. The molecule has 0 spiro atoms. The normalized spacial score (nSPS) is 12.1. The number of aromatic nitrogens is 3. The number of hydrogen-bond acceptors (Lipinski definition) is 7. The standard InChI is InChI=1S/C23H20F2N6O4S/c1-3-15(30-11(2)9-16(29-30)31(34)35)22(33)28-18-17-13(12-7-5-4-6-8-12)10-14(20(24)25)27-23(17)36-19(18)21(26)32/h4-10,15,20H,3H2,1-2H3,(H2,26,32)(H,28,33). The number of carbonyl (C=O) groups excluding carboxylic acids is 2. The molecule has 10 nitrogen and oxygen atoms in total. The van der Waals surface area contributed by atoms with Gasteiger partial charge in [-0.1, -0.05) is 37.3 Å².